The van der Waals surface area contributed by atoms with E-state index >= 15 is 0 Å². The number of unbranched alkanes of at least 4 members (excludes halogenated alkanes) is 2. The second-order valence-corrected chi connectivity index (χ2v) is 6.89. The molecule has 0 saturated carbocycles. The molecular weight excluding hydrogens is 356 g/mol. The monoisotopic (exact) mass is 371 g/mol. The second kappa shape index (κ2) is 8.34. The summed E-state index contributed by atoms with van der Waals surface area (Å²) < 4.78 is 26.6. The normalized spacial score (nSPS) is 16.2. The van der Waals surface area contributed by atoms with Crippen molar-refractivity contribution in [3.63, 3.8) is 0 Å². The van der Waals surface area contributed by atoms with Crippen LogP contribution in [-0.4, -0.2) is 32.7 Å². The Hall–Kier alpha value is -1.80. The maximum absolute atomic E-state index is 13.2. The molecule has 0 radical (unpaired) electrons. The lowest BCUT2D eigenvalue weighted by molar-refractivity contribution is -0.137. The average molecular weight is 371 g/mol. The van der Waals surface area contributed by atoms with Crippen molar-refractivity contribution >= 4 is 46.3 Å². The van der Waals surface area contributed by atoms with Gasteiger partial charge in [-0.1, -0.05) is 36.5 Å². The van der Waals surface area contributed by atoms with E-state index in [1.54, 1.807) is 0 Å². The summed E-state index contributed by atoms with van der Waals surface area (Å²) in [6, 6.07) is 3.41. The third kappa shape index (κ3) is 4.85. The fourth-order valence-electron chi connectivity index (χ4n) is 2.17. The second-order valence-electron chi connectivity index (χ2n) is 5.21. The lowest BCUT2D eigenvalue weighted by Crippen LogP contribution is -2.29. The number of carboxylic acids is 1. The molecule has 1 fully saturated rings. The molecule has 1 aliphatic heterocycles. The zero-order valence-electron chi connectivity index (χ0n) is 12.6. The molecule has 2 rings (SSSR count). The molecule has 1 heterocycles. The van der Waals surface area contributed by atoms with Gasteiger partial charge in [0.15, 0.2) is 11.6 Å². The molecule has 1 aromatic rings. The van der Waals surface area contributed by atoms with Crippen LogP contribution < -0.4 is 0 Å². The molecule has 1 saturated heterocycles. The third-order valence-corrected chi connectivity index (χ3v) is 4.77. The average Bonchev–Trinajstić information content (AvgIpc) is 2.77. The maximum atomic E-state index is 13.2. The highest BCUT2D eigenvalue weighted by Gasteiger charge is 2.31. The number of carboxylic acid groups (broad SMARTS) is 1. The first-order valence-electron chi connectivity index (χ1n) is 7.30. The van der Waals surface area contributed by atoms with Crippen LogP contribution in [0.1, 0.15) is 31.2 Å². The summed E-state index contributed by atoms with van der Waals surface area (Å²) in [5, 5.41) is 8.57. The lowest BCUT2D eigenvalue weighted by Gasteiger charge is -2.13. The van der Waals surface area contributed by atoms with E-state index in [-0.39, 0.29) is 12.3 Å². The quantitative estimate of drug-likeness (QED) is 0.449. The molecule has 24 heavy (non-hydrogen) atoms. The van der Waals surface area contributed by atoms with Crippen LogP contribution in [0.5, 0.6) is 0 Å². The number of hydrogen-bond donors (Lipinski definition) is 1. The summed E-state index contributed by atoms with van der Waals surface area (Å²) in [7, 11) is 0. The van der Waals surface area contributed by atoms with Gasteiger partial charge >= 0.3 is 5.97 Å². The molecule has 128 valence electrons. The predicted octanol–water partition coefficient (Wildman–Crippen LogP) is 3.81. The van der Waals surface area contributed by atoms with Crippen molar-refractivity contribution in [2.24, 2.45) is 0 Å². The number of rotatable bonds is 7. The minimum atomic E-state index is -0.974. The summed E-state index contributed by atoms with van der Waals surface area (Å²) in [5.74, 6) is -3.03. The van der Waals surface area contributed by atoms with Crippen molar-refractivity contribution in [2.45, 2.75) is 25.7 Å². The van der Waals surface area contributed by atoms with E-state index in [0.717, 1.165) is 23.9 Å². The number of carbonyl (C=O) groups is 2. The van der Waals surface area contributed by atoms with E-state index in [9.17, 15) is 18.4 Å². The van der Waals surface area contributed by atoms with Crippen LogP contribution in [0.15, 0.2) is 23.1 Å². The number of thiocarbonyl (C=S) groups is 1. The molecule has 0 spiro atoms. The van der Waals surface area contributed by atoms with Gasteiger partial charge < -0.3 is 5.11 Å². The van der Waals surface area contributed by atoms with Crippen LogP contribution in [0.25, 0.3) is 6.08 Å². The molecule has 1 aliphatic rings. The van der Waals surface area contributed by atoms with Gasteiger partial charge in [0.05, 0.1) is 4.91 Å². The van der Waals surface area contributed by atoms with Crippen molar-refractivity contribution in [1.82, 2.24) is 4.90 Å². The highest BCUT2D eigenvalue weighted by molar-refractivity contribution is 8.26. The van der Waals surface area contributed by atoms with Crippen LogP contribution >= 0.6 is 24.0 Å². The molecule has 4 nitrogen and oxygen atoms in total. The highest BCUT2D eigenvalue weighted by atomic mass is 32.2. The van der Waals surface area contributed by atoms with Crippen LogP contribution in [0, 0.1) is 11.6 Å². The number of hydrogen-bond acceptors (Lipinski definition) is 4. The van der Waals surface area contributed by atoms with Crippen molar-refractivity contribution in [1.29, 1.82) is 0 Å². The Morgan fingerprint density at radius 2 is 2.00 bits per heavy atom. The lowest BCUT2D eigenvalue weighted by atomic mass is 10.2. The van der Waals surface area contributed by atoms with Gasteiger partial charge in [-0.15, -0.1) is 0 Å². The van der Waals surface area contributed by atoms with E-state index in [1.165, 1.54) is 17.0 Å². The summed E-state index contributed by atoms with van der Waals surface area (Å²) in [5.41, 5.74) is 0.385. The van der Waals surface area contributed by atoms with Crippen molar-refractivity contribution in [3.8, 4) is 0 Å². The van der Waals surface area contributed by atoms with Crippen LogP contribution in [-0.2, 0) is 9.59 Å². The Bertz CT molecular complexity index is 707. The van der Waals surface area contributed by atoms with Gasteiger partial charge in [-0.05, 0) is 36.6 Å². The fraction of sp³-hybridized carbons (Fsp3) is 0.312. The summed E-state index contributed by atoms with van der Waals surface area (Å²) in [4.78, 5) is 24.6. The molecule has 0 atom stereocenters. The Labute approximate surface area is 147 Å². The molecule has 0 unspecified atom stereocenters. The van der Waals surface area contributed by atoms with Crippen molar-refractivity contribution in [2.75, 3.05) is 6.54 Å². The van der Waals surface area contributed by atoms with E-state index in [2.05, 4.69) is 0 Å². The Balaban J connectivity index is 1.96. The van der Waals surface area contributed by atoms with Crippen LogP contribution in [0.4, 0.5) is 8.78 Å². The largest absolute Gasteiger partial charge is 0.481 e. The molecule has 1 N–H and O–H groups in total. The summed E-state index contributed by atoms with van der Waals surface area (Å²) in [6.45, 7) is 0.416. The maximum Gasteiger partial charge on any atom is 0.303 e. The minimum absolute atomic E-state index is 0.106. The number of carbonyl (C=O) groups excluding carboxylic acids is 1. The van der Waals surface area contributed by atoms with E-state index < -0.39 is 17.6 Å². The number of benzene rings is 1. The Kier molecular flexibility index (Phi) is 6.44. The van der Waals surface area contributed by atoms with Gasteiger partial charge in [0.25, 0.3) is 5.91 Å². The predicted molar refractivity (Wildman–Crippen MR) is 92.3 cm³/mol. The highest BCUT2D eigenvalue weighted by Crippen LogP contribution is 2.32. The van der Waals surface area contributed by atoms with E-state index in [0.29, 0.717) is 40.6 Å². The van der Waals surface area contributed by atoms with Crippen LogP contribution in [0.2, 0.25) is 0 Å². The SMILES string of the molecule is O=C(O)CCCCCN1C(=O)/C(=C\c2ccc(F)c(F)c2)SC1=S. The van der Waals surface area contributed by atoms with Gasteiger partial charge in [-0.2, -0.15) is 0 Å². The number of aliphatic carboxylic acids is 1. The van der Waals surface area contributed by atoms with E-state index in [1.807, 2.05) is 0 Å². The number of halogens is 2. The van der Waals surface area contributed by atoms with Gasteiger partial charge in [-0.25, -0.2) is 8.78 Å². The molecule has 8 heteroatoms. The standard InChI is InChI=1S/C16H15F2NO3S2/c17-11-6-5-10(8-12(11)18)9-13-15(22)19(16(23)24-13)7-3-1-2-4-14(20)21/h5-6,8-9H,1-4,7H2,(H,20,21)/b13-9+. The zero-order valence-corrected chi connectivity index (χ0v) is 14.3. The first-order valence-corrected chi connectivity index (χ1v) is 8.53. The van der Waals surface area contributed by atoms with Crippen LogP contribution in [0.3, 0.4) is 0 Å². The summed E-state index contributed by atoms with van der Waals surface area (Å²) in [6.07, 6.45) is 3.47. The smallest absolute Gasteiger partial charge is 0.303 e. The topological polar surface area (TPSA) is 57.6 Å². The Morgan fingerprint density at radius 3 is 2.67 bits per heavy atom. The fourth-order valence-corrected chi connectivity index (χ4v) is 3.48. The van der Waals surface area contributed by atoms with Gasteiger partial charge in [0, 0.05) is 13.0 Å². The molecule has 1 aromatic carbocycles. The third-order valence-electron chi connectivity index (χ3n) is 3.39. The van der Waals surface area contributed by atoms with Gasteiger partial charge in [0.1, 0.15) is 4.32 Å². The molecule has 0 aliphatic carbocycles. The number of amides is 1. The minimum Gasteiger partial charge on any atom is -0.481 e. The molecule has 1 amide bonds. The number of thioether (sulfide) groups is 1. The van der Waals surface area contributed by atoms with E-state index in [4.69, 9.17) is 17.3 Å². The Morgan fingerprint density at radius 1 is 1.25 bits per heavy atom. The first-order chi connectivity index (χ1) is 11.4. The molecular formula is C16H15F2NO3S2. The van der Waals surface area contributed by atoms with Gasteiger partial charge in [-0.3, -0.25) is 14.5 Å². The van der Waals surface area contributed by atoms with Crippen molar-refractivity contribution in [3.05, 3.63) is 40.3 Å². The first kappa shape index (κ1) is 18.5. The zero-order chi connectivity index (χ0) is 17.7. The summed E-state index contributed by atoms with van der Waals surface area (Å²) >= 11 is 6.29. The molecule has 0 aromatic heterocycles. The van der Waals surface area contributed by atoms with Gasteiger partial charge in [0.2, 0.25) is 0 Å². The van der Waals surface area contributed by atoms with Crippen molar-refractivity contribution < 1.29 is 23.5 Å². The molecule has 0 bridgehead atoms. The number of nitrogens with zero attached hydrogens (tertiary/aromatic N) is 1.